The normalized spacial score (nSPS) is 18.0. The minimum absolute atomic E-state index is 0.0657. The summed E-state index contributed by atoms with van der Waals surface area (Å²) in [6.45, 7) is 2.64. The van der Waals surface area contributed by atoms with Gasteiger partial charge < -0.3 is 14.4 Å². The van der Waals surface area contributed by atoms with Gasteiger partial charge in [-0.2, -0.15) is 0 Å². The number of carboxylic acids is 1. The van der Waals surface area contributed by atoms with Crippen molar-refractivity contribution in [3.8, 4) is 0 Å². The molecule has 1 fully saturated rings. The number of amides is 1. The topological polar surface area (TPSA) is 83.6 Å². The van der Waals surface area contributed by atoms with Gasteiger partial charge in [0.05, 0.1) is 11.6 Å². The van der Waals surface area contributed by atoms with E-state index in [9.17, 15) is 9.59 Å². The smallest absolute Gasteiger partial charge is 0.335 e. The number of carboxylic acid groups (broad SMARTS) is 1. The van der Waals surface area contributed by atoms with Crippen LogP contribution in [0.4, 0.5) is 0 Å². The third kappa shape index (κ3) is 3.73. The second-order valence-corrected chi connectivity index (χ2v) is 6.26. The van der Waals surface area contributed by atoms with E-state index in [1.165, 1.54) is 18.3 Å². The summed E-state index contributed by atoms with van der Waals surface area (Å²) in [7, 11) is 0. The number of carbonyl (C=O) groups is 2. The van der Waals surface area contributed by atoms with Crippen LogP contribution in [0.1, 0.15) is 71.0 Å². The number of rotatable bonds is 4. The first-order valence-corrected chi connectivity index (χ1v) is 8.69. The Hall–Kier alpha value is -2.63. The summed E-state index contributed by atoms with van der Waals surface area (Å²) in [5.74, 6) is 0.381. The molecule has 1 aliphatic rings. The minimum Gasteiger partial charge on any atom is -0.478 e. The van der Waals surface area contributed by atoms with Crippen LogP contribution in [0.3, 0.4) is 0 Å². The zero-order valence-electron chi connectivity index (χ0n) is 14.3. The van der Waals surface area contributed by atoms with Gasteiger partial charge in [0, 0.05) is 19.2 Å². The molecule has 6 nitrogen and oxygen atoms in total. The first-order valence-electron chi connectivity index (χ1n) is 8.69. The largest absolute Gasteiger partial charge is 0.478 e. The number of hydrogen-bond acceptors (Lipinski definition) is 4. The summed E-state index contributed by atoms with van der Waals surface area (Å²) < 4.78 is 5.90. The predicted molar refractivity (Wildman–Crippen MR) is 91.5 cm³/mol. The number of furan rings is 1. The van der Waals surface area contributed by atoms with Gasteiger partial charge in [-0.05, 0) is 37.1 Å². The van der Waals surface area contributed by atoms with Crippen molar-refractivity contribution < 1.29 is 19.1 Å². The maximum absolute atomic E-state index is 13.0. The van der Waals surface area contributed by atoms with Crippen LogP contribution >= 0.6 is 0 Å². The fourth-order valence-electron chi connectivity index (χ4n) is 3.24. The van der Waals surface area contributed by atoms with Crippen LogP contribution in [0, 0.1) is 0 Å². The molecule has 0 spiro atoms. The molecular formula is C19H22N2O4. The molecule has 0 radical (unpaired) electrons. The molecule has 0 aliphatic carbocycles. The summed E-state index contributed by atoms with van der Waals surface area (Å²) in [5, 5.41) is 9.14. The molecule has 1 aliphatic heterocycles. The van der Waals surface area contributed by atoms with E-state index in [4.69, 9.17) is 9.52 Å². The monoisotopic (exact) mass is 342 g/mol. The molecule has 6 heteroatoms. The van der Waals surface area contributed by atoms with Crippen molar-refractivity contribution >= 4 is 11.9 Å². The van der Waals surface area contributed by atoms with E-state index in [2.05, 4.69) is 4.98 Å². The molecular weight excluding hydrogens is 320 g/mol. The van der Waals surface area contributed by atoms with Crippen LogP contribution in [0.15, 0.2) is 34.9 Å². The molecule has 3 rings (SSSR count). The molecule has 1 N–H and O–H groups in total. The molecule has 0 bridgehead atoms. The summed E-state index contributed by atoms with van der Waals surface area (Å²) >= 11 is 0. The van der Waals surface area contributed by atoms with Crippen molar-refractivity contribution in [1.82, 2.24) is 9.88 Å². The first kappa shape index (κ1) is 17.2. The summed E-state index contributed by atoms with van der Waals surface area (Å²) in [6, 6.07) is 6.49. The number of hydrogen-bond donors (Lipinski definition) is 1. The highest BCUT2D eigenvalue weighted by Gasteiger charge is 2.30. The zero-order valence-corrected chi connectivity index (χ0v) is 14.3. The maximum Gasteiger partial charge on any atom is 0.335 e. The van der Waals surface area contributed by atoms with Gasteiger partial charge in [-0.15, -0.1) is 0 Å². The molecule has 0 aromatic carbocycles. The van der Waals surface area contributed by atoms with E-state index in [-0.39, 0.29) is 23.2 Å². The van der Waals surface area contributed by atoms with Crippen molar-refractivity contribution in [2.75, 3.05) is 6.54 Å². The molecule has 1 saturated heterocycles. The van der Waals surface area contributed by atoms with Gasteiger partial charge in [0.2, 0.25) is 0 Å². The van der Waals surface area contributed by atoms with Gasteiger partial charge in [0.1, 0.15) is 17.2 Å². The van der Waals surface area contributed by atoms with Gasteiger partial charge in [-0.3, -0.25) is 9.78 Å². The van der Waals surface area contributed by atoms with Crippen LogP contribution in [0.5, 0.6) is 0 Å². The van der Waals surface area contributed by atoms with Crippen molar-refractivity contribution in [2.24, 2.45) is 0 Å². The van der Waals surface area contributed by atoms with Crippen LogP contribution in [0.2, 0.25) is 0 Å². The number of nitrogens with zero attached hydrogens (tertiary/aromatic N) is 2. The standard InChI is InChI=1S/C19H22N2O4/c1-2-14-7-8-17(25-14)16-6-4-3-5-11-21(16)18(22)15-12-13(19(23)24)9-10-20-15/h7-10,12,16H,2-6,11H2,1H3,(H,23,24). The lowest BCUT2D eigenvalue weighted by molar-refractivity contribution is 0.0651. The van der Waals surface area contributed by atoms with E-state index in [0.717, 1.165) is 43.6 Å². The second kappa shape index (κ2) is 7.51. The molecule has 1 amide bonds. The highest BCUT2D eigenvalue weighted by Crippen LogP contribution is 2.32. The molecule has 1 unspecified atom stereocenters. The highest BCUT2D eigenvalue weighted by molar-refractivity contribution is 5.96. The Kier molecular flexibility index (Phi) is 5.16. The Morgan fingerprint density at radius 2 is 2.12 bits per heavy atom. The molecule has 1 atom stereocenters. The van der Waals surface area contributed by atoms with Crippen LogP contribution < -0.4 is 0 Å². The highest BCUT2D eigenvalue weighted by atomic mass is 16.4. The number of pyridine rings is 1. The van der Waals surface area contributed by atoms with Crippen molar-refractivity contribution in [3.63, 3.8) is 0 Å². The van der Waals surface area contributed by atoms with E-state index < -0.39 is 5.97 Å². The lowest BCUT2D eigenvalue weighted by Gasteiger charge is -2.28. The summed E-state index contributed by atoms with van der Waals surface area (Å²) in [6.07, 6.45) is 6.02. The first-order chi connectivity index (χ1) is 12.1. The second-order valence-electron chi connectivity index (χ2n) is 6.26. The van der Waals surface area contributed by atoms with E-state index in [0.29, 0.717) is 6.54 Å². The Balaban J connectivity index is 1.91. The van der Waals surface area contributed by atoms with Crippen LogP contribution in [0.25, 0.3) is 0 Å². The number of aromatic nitrogens is 1. The number of aromatic carboxylic acids is 1. The fourth-order valence-corrected chi connectivity index (χ4v) is 3.24. The number of carbonyl (C=O) groups excluding carboxylic acids is 1. The zero-order chi connectivity index (χ0) is 17.8. The quantitative estimate of drug-likeness (QED) is 0.916. The maximum atomic E-state index is 13.0. The minimum atomic E-state index is -1.07. The van der Waals surface area contributed by atoms with Gasteiger partial charge in [0.15, 0.2) is 0 Å². The van der Waals surface area contributed by atoms with Crippen molar-refractivity contribution in [2.45, 2.75) is 45.1 Å². The van der Waals surface area contributed by atoms with E-state index >= 15 is 0 Å². The average Bonchev–Trinajstić information content (AvgIpc) is 2.98. The third-order valence-electron chi connectivity index (χ3n) is 4.60. The molecule has 0 saturated carbocycles. The summed E-state index contributed by atoms with van der Waals surface area (Å²) in [5.41, 5.74) is 0.227. The van der Waals surface area contributed by atoms with Gasteiger partial charge >= 0.3 is 5.97 Å². The Morgan fingerprint density at radius 3 is 2.84 bits per heavy atom. The van der Waals surface area contributed by atoms with Gasteiger partial charge in [0.25, 0.3) is 5.91 Å². The van der Waals surface area contributed by atoms with Gasteiger partial charge in [-0.25, -0.2) is 4.79 Å². The number of aryl methyl sites for hydroxylation is 1. The molecule has 2 aromatic heterocycles. The Bertz CT molecular complexity index is 768. The fraction of sp³-hybridized carbons (Fsp3) is 0.421. The van der Waals surface area contributed by atoms with E-state index in [1.807, 2.05) is 19.1 Å². The molecule has 2 aromatic rings. The summed E-state index contributed by atoms with van der Waals surface area (Å²) in [4.78, 5) is 30.0. The Labute approximate surface area is 146 Å². The lowest BCUT2D eigenvalue weighted by Crippen LogP contribution is -2.35. The SMILES string of the molecule is CCc1ccc(C2CCCCCN2C(=O)c2cc(C(=O)O)ccn2)o1. The van der Waals surface area contributed by atoms with E-state index in [1.54, 1.807) is 4.90 Å². The average molecular weight is 342 g/mol. The van der Waals surface area contributed by atoms with Crippen molar-refractivity contribution in [1.29, 1.82) is 0 Å². The molecule has 25 heavy (non-hydrogen) atoms. The lowest BCUT2D eigenvalue weighted by atomic mass is 10.1. The molecule has 3 heterocycles. The Morgan fingerprint density at radius 1 is 1.28 bits per heavy atom. The van der Waals surface area contributed by atoms with Gasteiger partial charge in [-0.1, -0.05) is 19.8 Å². The molecule has 132 valence electrons. The van der Waals surface area contributed by atoms with Crippen molar-refractivity contribution in [3.05, 3.63) is 53.2 Å². The van der Waals surface area contributed by atoms with Crippen LogP contribution in [-0.4, -0.2) is 33.4 Å². The van der Waals surface area contributed by atoms with Crippen LogP contribution in [-0.2, 0) is 6.42 Å². The third-order valence-corrected chi connectivity index (χ3v) is 4.60. The number of likely N-dealkylation sites (tertiary alicyclic amines) is 1. The predicted octanol–water partition coefficient (Wildman–Crippen LogP) is 3.69.